The molecule has 1 aliphatic carbocycles. The van der Waals surface area contributed by atoms with Crippen molar-refractivity contribution in [2.75, 3.05) is 61.0 Å². The summed E-state index contributed by atoms with van der Waals surface area (Å²) in [7, 11) is 7.83. The number of ether oxygens (including phenoxy) is 1. The van der Waals surface area contributed by atoms with Crippen LogP contribution >= 0.6 is 0 Å². The highest BCUT2D eigenvalue weighted by Crippen LogP contribution is 2.39. The Labute approximate surface area is 165 Å². The van der Waals surface area contributed by atoms with Crippen molar-refractivity contribution in [3.05, 3.63) is 0 Å². The molecule has 7 heteroatoms. The lowest BCUT2D eigenvalue weighted by atomic mass is 9.85. The predicted octanol–water partition coefficient (Wildman–Crippen LogP) is 1.55. The van der Waals surface area contributed by atoms with Crippen LogP contribution in [0.4, 0.5) is 0 Å². The first-order valence-electron chi connectivity index (χ1n) is 10.3. The van der Waals surface area contributed by atoms with Gasteiger partial charge >= 0.3 is 0 Å². The average molecular weight is 384 g/mol. The Morgan fingerprint density at radius 2 is 1.81 bits per heavy atom. The standard InChI is InChI=1S/C20H41N5O2/c1-7-21-19(22-15-17(27-8-2)11-14-24(3)4)23-16-20(12-9-10-13-20)18(26)25(5)6/h17H,7-16H2,1-6H3,(H2,21,22,23). The van der Waals surface area contributed by atoms with Gasteiger partial charge in [0.25, 0.3) is 0 Å². The molecule has 158 valence electrons. The van der Waals surface area contributed by atoms with Crippen LogP contribution in [0.15, 0.2) is 4.99 Å². The minimum atomic E-state index is -0.337. The van der Waals surface area contributed by atoms with Gasteiger partial charge in [-0.05, 0) is 47.2 Å². The molecule has 7 nitrogen and oxygen atoms in total. The van der Waals surface area contributed by atoms with Crippen LogP contribution in [0.1, 0.15) is 46.0 Å². The molecule has 27 heavy (non-hydrogen) atoms. The zero-order valence-corrected chi connectivity index (χ0v) is 18.3. The smallest absolute Gasteiger partial charge is 0.230 e. The second-order valence-corrected chi connectivity index (χ2v) is 7.93. The summed E-state index contributed by atoms with van der Waals surface area (Å²) in [4.78, 5) is 21.4. The summed E-state index contributed by atoms with van der Waals surface area (Å²) < 4.78 is 5.86. The lowest BCUT2D eigenvalue weighted by Gasteiger charge is -2.29. The van der Waals surface area contributed by atoms with Gasteiger partial charge in [-0.1, -0.05) is 12.8 Å². The highest BCUT2D eigenvalue weighted by Gasteiger charge is 2.42. The van der Waals surface area contributed by atoms with Crippen molar-refractivity contribution < 1.29 is 9.53 Å². The Balaban J connectivity index is 2.73. The summed E-state index contributed by atoms with van der Waals surface area (Å²) >= 11 is 0. The Bertz CT molecular complexity index is 459. The van der Waals surface area contributed by atoms with E-state index < -0.39 is 0 Å². The van der Waals surface area contributed by atoms with Crippen molar-refractivity contribution in [2.24, 2.45) is 10.4 Å². The minimum Gasteiger partial charge on any atom is -0.377 e. The lowest BCUT2D eigenvalue weighted by molar-refractivity contribution is -0.138. The number of hydrogen-bond acceptors (Lipinski definition) is 4. The van der Waals surface area contributed by atoms with Crippen LogP contribution < -0.4 is 10.6 Å². The molecule has 0 radical (unpaired) electrons. The zero-order chi connectivity index (χ0) is 20.3. The van der Waals surface area contributed by atoms with Crippen LogP contribution in [0.3, 0.4) is 0 Å². The van der Waals surface area contributed by atoms with Gasteiger partial charge in [-0.15, -0.1) is 0 Å². The van der Waals surface area contributed by atoms with Crippen LogP contribution in [-0.4, -0.2) is 88.7 Å². The molecule has 1 fully saturated rings. The van der Waals surface area contributed by atoms with Gasteiger partial charge in [0.2, 0.25) is 5.91 Å². The lowest BCUT2D eigenvalue weighted by Crippen LogP contribution is -2.45. The molecule has 0 aromatic rings. The first-order valence-corrected chi connectivity index (χ1v) is 10.3. The number of guanidine groups is 1. The van der Waals surface area contributed by atoms with Crippen molar-refractivity contribution in [1.82, 2.24) is 20.4 Å². The highest BCUT2D eigenvalue weighted by molar-refractivity contribution is 5.84. The Morgan fingerprint density at radius 3 is 2.33 bits per heavy atom. The van der Waals surface area contributed by atoms with Crippen molar-refractivity contribution in [3.63, 3.8) is 0 Å². The topological polar surface area (TPSA) is 69.2 Å². The fourth-order valence-electron chi connectivity index (χ4n) is 3.63. The third kappa shape index (κ3) is 8.05. The summed E-state index contributed by atoms with van der Waals surface area (Å²) in [5.74, 6) is 0.975. The van der Waals surface area contributed by atoms with E-state index in [4.69, 9.17) is 9.73 Å². The van der Waals surface area contributed by atoms with E-state index in [1.54, 1.807) is 4.90 Å². The Morgan fingerprint density at radius 1 is 1.15 bits per heavy atom. The van der Waals surface area contributed by atoms with E-state index in [0.717, 1.165) is 51.2 Å². The molecular formula is C20H41N5O2. The van der Waals surface area contributed by atoms with Crippen molar-refractivity contribution in [2.45, 2.75) is 52.1 Å². The highest BCUT2D eigenvalue weighted by atomic mass is 16.5. The number of carbonyl (C=O) groups is 1. The molecule has 0 heterocycles. The Kier molecular flexibility index (Phi) is 10.7. The predicted molar refractivity (Wildman–Crippen MR) is 112 cm³/mol. The Hall–Kier alpha value is -1.34. The van der Waals surface area contributed by atoms with Gasteiger partial charge in [0, 0.05) is 40.3 Å². The van der Waals surface area contributed by atoms with Crippen LogP contribution in [0.25, 0.3) is 0 Å². The summed E-state index contributed by atoms with van der Waals surface area (Å²) in [6.07, 6.45) is 5.18. The maximum Gasteiger partial charge on any atom is 0.230 e. The molecule has 0 aliphatic heterocycles. The fraction of sp³-hybridized carbons (Fsp3) is 0.900. The van der Waals surface area contributed by atoms with Gasteiger partial charge in [-0.3, -0.25) is 9.79 Å². The number of amides is 1. The van der Waals surface area contributed by atoms with E-state index in [9.17, 15) is 4.79 Å². The number of carbonyl (C=O) groups excluding carboxylic acids is 1. The maximum atomic E-state index is 12.7. The quantitative estimate of drug-likeness (QED) is 0.418. The molecule has 0 bridgehead atoms. The molecule has 1 rings (SSSR count). The molecule has 1 atom stereocenters. The molecule has 1 amide bonds. The number of nitrogens with one attached hydrogen (secondary N) is 2. The number of nitrogens with zero attached hydrogens (tertiary/aromatic N) is 3. The van der Waals surface area contributed by atoms with Gasteiger partial charge in [0.1, 0.15) is 0 Å². The van der Waals surface area contributed by atoms with Gasteiger partial charge < -0.3 is 25.2 Å². The van der Waals surface area contributed by atoms with E-state index in [2.05, 4.69) is 36.6 Å². The molecule has 0 saturated heterocycles. The van der Waals surface area contributed by atoms with E-state index in [1.807, 2.05) is 21.0 Å². The SMILES string of the molecule is CCNC(=NCC1(C(=O)N(C)C)CCCC1)NCC(CCN(C)C)OCC. The van der Waals surface area contributed by atoms with Gasteiger partial charge in [-0.25, -0.2) is 0 Å². The monoisotopic (exact) mass is 383 g/mol. The minimum absolute atomic E-state index is 0.144. The summed E-state index contributed by atoms with van der Waals surface area (Å²) in [6.45, 7) is 7.81. The molecule has 0 aromatic heterocycles. The number of aliphatic imine (C=N–C) groups is 1. The zero-order valence-electron chi connectivity index (χ0n) is 18.3. The molecule has 1 saturated carbocycles. The molecule has 1 unspecified atom stereocenters. The molecular weight excluding hydrogens is 342 g/mol. The summed E-state index contributed by atoms with van der Waals surface area (Å²) in [5.41, 5.74) is -0.337. The van der Waals surface area contributed by atoms with Crippen LogP contribution in [0.5, 0.6) is 0 Å². The molecule has 2 N–H and O–H groups in total. The summed E-state index contributed by atoms with van der Waals surface area (Å²) in [6, 6.07) is 0. The van der Waals surface area contributed by atoms with E-state index in [-0.39, 0.29) is 17.4 Å². The second-order valence-electron chi connectivity index (χ2n) is 7.93. The number of hydrogen-bond donors (Lipinski definition) is 2. The largest absolute Gasteiger partial charge is 0.377 e. The van der Waals surface area contributed by atoms with Gasteiger partial charge in [0.05, 0.1) is 18.1 Å². The third-order valence-corrected chi connectivity index (χ3v) is 5.10. The molecule has 1 aliphatic rings. The summed E-state index contributed by atoms with van der Waals surface area (Å²) in [5, 5.41) is 6.71. The first kappa shape index (κ1) is 23.7. The van der Waals surface area contributed by atoms with Crippen molar-refractivity contribution in [3.8, 4) is 0 Å². The van der Waals surface area contributed by atoms with E-state index >= 15 is 0 Å². The third-order valence-electron chi connectivity index (χ3n) is 5.10. The van der Waals surface area contributed by atoms with Crippen LogP contribution in [0, 0.1) is 5.41 Å². The normalized spacial score (nSPS) is 17.8. The van der Waals surface area contributed by atoms with Crippen molar-refractivity contribution >= 4 is 11.9 Å². The van der Waals surface area contributed by atoms with Crippen molar-refractivity contribution in [1.29, 1.82) is 0 Å². The molecule has 0 spiro atoms. The first-order chi connectivity index (χ1) is 12.8. The average Bonchev–Trinajstić information content (AvgIpc) is 3.10. The number of rotatable bonds is 11. The molecule has 0 aromatic carbocycles. The van der Waals surface area contributed by atoms with Gasteiger partial charge in [0.15, 0.2) is 5.96 Å². The van der Waals surface area contributed by atoms with E-state index in [0.29, 0.717) is 19.7 Å². The van der Waals surface area contributed by atoms with E-state index in [1.165, 1.54) is 0 Å². The van der Waals surface area contributed by atoms with Crippen LogP contribution in [0.2, 0.25) is 0 Å². The maximum absolute atomic E-state index is 12.7. The fourth-order valence-corrected chi connectivity index (χ4v) is 3.63. The second kappa shape index (κ2) is 12.2. The van der Waals surface area contributed by atoms with Gasteiger partial charge in [-0.2, -0.15) is 0 Å². The van der Waals surface area contributed by atoms with Crippen LogP contribution in [-0.2, 0) is 9.53 Å².